The van der Waals surface area contributed by atoms with Crippen molar-refractivity contribution in [3.63, 3.8) is 0 Å². The number of hydrogen-bond donors (Lipinski definition) is 0. The van der Waals surface area contributed by atoms with Crippen LogP contribution in [0.3, 0.4) is 0 Å². The summed E-state index contributed by atoms with van der Waals surface area (Å²) in [6.07, 6.45) is 4.82. The van der Waals surface area contributed by atoms with Crippen molar-refractivity contribution < 1.29 is 14.3 Å². The SMILES string of the molecule is O=C(CCc1ccc(OCc2ccccc2)cc1)N1CCC(Oc2cccc3cccnc23)CC1. The van der Waals surface area contributed by atoms with Gasteiger partial charge in [0.2, 0.25) is 5.91 Å². The molecule has 0 saturated carbocycles. The van der Waals surface area contributed by atoms with E-state index in [2.05, 4.69) is 17.1 Å². The number of likely N-dealkylation sites (tertiary alicyclic amines) is 1. The molecule has 0 bridgehead atoms. The van der Waals surface area contributed by atoms with Crippen molar-refractivity contribution >= 4 is 16.8 Å². The Hall–Kier alpha value is -3.86. The third kappa shape index (κ3) is 5.99. The number of aromatic nitrogens is 1. The molecular weight excluding hydrogens is 436 g/mol. The molecule has 0 unspecified atom stereocenters. The zero-order chi connectivity index (χ0) is 23.9. The van der Waals surface area contributed by atoms with Gasteiger partial charge in [0, 0.05) is 43.9 Å². The van der Waals surface area contributed by atoms with Crippen LogP contribution in [-0.2, 0) is 17.8 Å². The lowest BCUT2D eigenvalue weighted by atomic mass is 10.1. The molecule has 1 fully saturated rings. The molecule has 0 radical (unpaired) electrons. The minimum atomic E-state index is 0.107. The predicted octanol–water partition coefficient (Wildman–Crippen LogP) is 5.82. The van der Waals surface area contributed by atoms with E-state index < -0.39 is 0 Å². The van der Waals surface area contributed by atoms with Gasteiger partial charge in [0.1, 0.15) is 29.7 Å². The second-order valence-electron chi connectivity index (χ2n) is 8.95. The lowest BCUT2D eigenvalue weighted by molar-refractivity contribution is -0.132. The summed E-state index contributed by atoms with van der Waals surface area (Å²) in [4.78, 5) is 19.2. The molecule has 5 heteroatoms. The highest BCUT2D eigenvalue weighted by Gasteiger charge is 2.24. The van der Waals surface area contributed by atoms with Gasteiger partial charge in [0.15, 0.2) is 0 Å². The lowest BCUT2D eigenvalue weighted by Crippen LogP contribution is -2.41. The summed E-state index contributed by atoms with van der Waals surface area (Å²) >= 11 is 0. The fourth-order valence-electron chi connectivity index (χ4n) is 4.48. The van der Waals surface area contributed by atoms with E-state index in [1.54, 1.807) is 6.20 Å². The van der Waals surface area contributed by atoms with E-state index in [0.717, 1.165) is 65.9 Å². The first-order valence-corrected chi connectivity index (χ1v) is 12.3. The summed E-state index contributed by atoms with van der Waals surface area (Å²) in [7, 11) is 0. The monoisotopic (exact) mass is 466 g/mol. The van der Waals surface area contributed by atoms with Crippen molar-refractivity contribution in [1.29, 1.82) is 0 Å². The molecule has 1 saturated heterocycles. The summed E-state index contributed by atoms with van der Waals surface area (Å²) in [5, 5.41) is 1.08. The second-order valence-corrected chi connectivity index (χ2v) is 8.95. The summed E-state index contributed by atoms with van der Waals surface area (Å²) in [6, 6.07) is 28.2. The molecule has 178 valence electrons. The van der Waals surface area contributed by atoms with Gasteiger partial charge in [-0.15, -0.1) is 0 Å². The largest absolute Gasteiger partial charge is 0.489 e. The third-order valence-electron chi connectivity index (χ3n) is 6.48. The Morgan fingerprint density at radius 3 is 2.43 bits per heavy atom. The van der Waals surface area contributed by atoms with Gasteiger partial charge in [-0.3, -0.25) is 9.78 Å². The van der Waals surface area contributed by atoms with Crippen LogP contribution in [0.15, 0.2) is 91.1 Å². The highest BCUT2D eigenvalue weighted by Crippen LogP contribution is 2.26. The van der Waals surface area contributed by atoms with Crippen LogP contribution in [-0.4, -0.2) is 35.0 Å². The molecule has 35 heavy (non-hydrogen) atoms. The van der Waals surface area contributed by atoms with Crippen LogP contribution in [0.4, 0.5) is 0 Å². The standard InChI is InChI=1S/C30H30N2O3/c33-29(16-13-23-11-14-26(15-12-23)34-22-24-6-2-1-3-7-24)32-20-17-27(18-21-32)35-28-10-4-8-25-9-5-19-31-30(25)28/h1-12,14-15,19,27H,13,16-18,20-22H2. The number of rotatable bonds is 8. The Kier molecular flexibility index (Phi) is 7.23. The quantitative estimate of drug-likeness (QED) is 0.329. The Bertz CT molecular complexity index is 1240. The smallest absolute Gasteiger partial charge is 0.222 e. The molecule has 0 aliphatic carbocycles. The summed E-state index contributed by atoms with van der Waals surface area (Å²) in [5.41, 5.74) is 3.18. The highest BCUT2D eigenvalue weighted by molar-refractivity contribution is 5.84. The molecule has 2 heterocycles. The normalized spacial score (nSPS) is 14.1. The van der Waals surface area contributed by atoms with Crippen molar-refractivity contribution in [2.75, 3.05) is 13.1 Å². The zero-order valence-corrected chi connectivity index (χ0v) is 19.8. The molecule has 1 aliphatic rings. The maximum atomic E-state index is 12.8. The van der Waals surface area contributed by atoms with E-state index in [-0.39, 0.29) is 12.0 Å². The number of hydrogen-bond acceptors (Lipinski definition) is 4. The first-order valence-electron chi connectivity index (χ1n) is 12.3. The fourth-order valence-corrected chi connectivity index (χ4v) is 4.48. The number of carbonyl (C=O) groups excluding carboxylic acids is 1. The first-order chi connectivity index (χ1) is 17.2. The third-order valence-corrected chi connectivity index (χ3v) is 6.48. The molecule has 0 N–H and O–H groups in total. The fraction of sp³-hybridized carbons (Fsp3) is 0.267. The zero-order valence-electron chi connectivity index (χ0n) is 19.8. The Labute approximate surface area is 206 Å². The summed E-state index contributed by atoms with van der Waals surface area (Å²) in [5.74, 6) is 1.87. The molecule has 0 spiro atoms. The molecule has 1 aliphatic heterocycles. The van der Waals surface area contributed by atoms with Crippen LogP contribution in [0.5, 0.6) is 11.5 Å². The first kappa shape index (κ1) is 22.9. The van der Waals surface area contributed by atoms with Crippen LogP contribution < -0.4 is 9.47 Å². The number of amides is 1. The number of para-hydroxylation sites is 1. The topological polar surface area (TPSA) is 51.7 Å². The van der Waals surface area contributed by atoms with E-state index in [1.165, 1.54) is 0 Å². The van der Waals surface area contributed by atoms with E-state index in [9.17, 15) is 4.79 Å². The van der Waals surface area contributed by atoms with E-state index in [1.807, 2.05) is 77.7 Å². The average molecular weight is 467 g/mol. The number of nitrogens with zero attached hydrogens (tertiary/aromatic N) is 2. The average Bonchev–Trinajstić information content (AvgIpc) is 2.92. The Morgan fingerprint density at radius 2 is 1.63 bits per heavy atom. The molecule has 5 nitrogen and oxygen atoms in total. The van der Waals surface area contributed by atoms with E-state index in [0.29, 0.717) is 13.0 Å². The van der Waals surface area contributed by atoms with Gasteiger partial charge in [0.05, 0.1) is 0 Å². The number of carbonyl (C=O) groups is 1. The van der Waals surface area contributed by atoms with Crippen molar-refractivity contribution in [2.45, 2.75) is 38.4 Å². The Morgan fingerprint density at radius 1 is 0.857 bits per heavy atom. The van der Waals surface area contributed by atoms with Crippen molar-refractivity contribution in [2.24, 2.45) is 0 Å². The van der Waals surface area contributed by atoms with Crippen LogP contribution in [0.2, 0.25) is 0 Å². The van der Waals surface area contributed by atoms with Gasteiger partial charge < -0.3 is 14.4 Å². The maximum Gasteiger partial charge on any atom is 0.222 e. The molecule has 5 rings (SSSR count). The predicted molar refractivity (Wildman–Crippen MR) is 138 cm³/mol. The van der Waals surface area contributed by atoms with E-state index >= 15 is 0 Å². The molecule has 0 atom stereocenters. The van der Waals surface area contributed by atoms with Crippen molar-refractivity contribution in [3.05, 3.63) is 102 Å². The number of ether oxygens (including phenoxy) is 2. The molecule has 4 aromatic rings. The van der Waals surface area contributed by atoms with Crippen molar-refractivity contribution in [3.8, 4) is 11.5 Å². The minimum absolute atomic E-state index is 0.107. The number of pyridine rings is 1. The van der Waals surface area contributed by atoms with Gasteiger partial charge in [-0.2, -0.15) is 0 Å². The lowest BCUT2D eigenvalue weighted by Gasteiger charge is -2.32. The van der Waals surface area contributed by atoms with Gasteiger partial charge in [-0.1, -0.05) is 60.7 Å². The van der Waals surface area contributed by atoms with Gasteiger partial charge in [-0.25, -0.2) is 0 Å². The van der Waals surface area contributed by atoms with Gasteiger partial charge >= 0.3 is 0 Å². The molecule has 3 aromatic carbocycles. The molecule has 1 aromatic heterocycles. The number of fused-ring (bicyclic) bond motifs is 1. The molecular formula is C30H30N2O3. The summed E-state index contributed by atoms with van der Waals surface area (Å²) < 4.78 is 12.1. The highest BCUT2D eigenvalue weighted by atomic mass is 16.5. The second kappa shape index (κ2) is 11.0. The van der Waals surface area contributed by atoms with Crippen molar-refractivity contribution in [1.82, 2.24) is 9.88 Å². The number of benzene rings is 3. The van der Waals surface area contributed by atoms with E-state index in [4.69, 9.17) is 9.47 Å². The van der Waals surface area contributed by atoms with Crippen LogP contribution in [0.1, 0.15) is 30.4 Å². The minimum Gasteiger partial charge on any atom is -0.489 e. The van der Waals surface area contributed by atoms with Crippen LogP contribution in [0.25, 0.3) is 10.9 Å². The summed E-state index contributed by atoms with van der Waals surface area (Å²) in [6.45, 7) is 2.01. The number of aryl methyl sites for hydroxylation is 1. The maximum absolute atomic E-state index is 12.8. The molecule has 1 amide bonds. The Balaban J connectivity index is 1.06. The number of piperidine rings is 1. The van der Waals surface area contributed by atoms with Crippen LogP contribution in [0, 0.1) is 0 Å². The van der Waals surface area contributed by atoms with Gasteiger partial charge in [-0.05, 0) is 41.8 Å². The van der Waals surface area contributed by atoms with Crippen LogP contribution >= 0.6 is 0 Å². The van der Waals surface area contributed by atoms with Gasteiger partial charge in [0.25, 0.3) is 0 Å².